The summed E-state index contributed by atoms with van der Waals surface area (Å²) in [5.74, 6) is 2.46. The number of benzene rings is 1. The SMILES string of the molecule is C[C@@H]1COCCN1c1nc(N2CCOCC2)nc2nc(-c3ccc4c(c3)CC=C4)[nH]c12. The maximum absolute atomic E-state index is 5.67. The first-order chi connectivity index (χ1) is 15.3. The lowest BCUT2D eigenvalue weighted by atomic mass is 10.1. The molecule has 31 heavy (non-hydrogen) atoms. The fourth-order valence-corrected chi connectivity index (χ4v) is 4.57. The average molecular weight is 419 g/mol. The zero-order valence-corrected chi connectivity index (χ0v) is 17.7. The molecule has 0 amide bonds. The number of aromatic nitrogens is 4. The number of aromatic amines is 1. The quantitative estimate of drug-likeness (QED) is 0.700. The molecule has 1 aliphatic carbocycles. The van der Waals surface area contributed by atoms with E-state index in [4.69, 9.17) is 24.4 Å². The summed E-state index contributed by atoms with van der Waals surface area (Å²) >= 11 is 0. The van der Waals surface area contributed by atoms with E-state index >= 15 is 0 Å². The minimum absolute atomic E-state index is 0.238. The summed E-state index contributed by atoms with van der Waals surface area (Å²) in [5.41, 5.74) is 5.30. The Hall–Kier alpha value is -2.97. The van der Waals surface area contributed by atoms with Gasteiger partial charge in [0.25, 0.3) is 0 Å². The molecule has 0 saturated carbocycles. The molecule has 4 heterocycles. The van der Waals surface area contributed by atoms with Crippen molar-refractivity contribution in [1.29, 1.82) is 0 Å². The highest BCUT2D eigenvalue weighted by atomic mass is 16.5. The van der Waals surface area contributed by atoms with E-state index in [0.29, 0.717) is 32.1 Å². The third-order valence-corrected chi connectivity index (χ3v) is 6.31. The second-order valence-corrected chi connectivity index (χ2v) is 8.37. The van der Waals surface area contributed by atoms with Gasteiger partial charge in [0.05, 0.1) is 32.5 Å². The third kappa shape index (κ3) is 3.36. The van der Waals surface area contributed by atoms with Crippen molar-refractivity contribution in [3.05, 3.63) is 35.4 Å². The van der Waals surface area contributed by atoms with Crippen LogP contribution in [0.2, 0.25) is 0 Å². The van der Waals surface area contributed by atoms with Crippen LogP contribution in [0.5, 0.6) is 0 Å². The fourth-order valence-electron chi connectivity index (χ4n) is 4.57. The van der Waals surface area contributed by atoms with Crippen LogP contribution in [0.1, 0.15) is 18.1 Å². The van der Waals surface area contributed by atoms with Crippen molar-refractivity contribution in [2.24, 2.45) is 0 Å². The molecule has 0 unspecified atom stereocenters. The third-order valence-electron chi connectivity index (χ3n) is 6.31. The highest BCUT2D eigenvalue weighted by Gasteiger charge is 2.27. The van der Waals surface area contributed by atoms with Crippen LogP contribution in [-0.4, -0.2) is 72.0 Å². The number of ether oxygens (including phenoxy) is 2. The number of anilines is 2. The summed E-state index contributed by atoms with van der Waals surface area (Å²) in [5, 5.41) is 0. The van der Waals surface area contributed by atoms with E-state index in [0.717, 1.165) is 54.7 Å². The van der Waals surface area contributed by atoms with Gasteiger partial charge >= 0.3 is 0 Å². The lowest BCUT2D eigenvalue weighted by molar-refractivity contribution is 0.0986. The number of nitrogens with zero attached hydrogens (tertiary/aromatic N) is 5. The van der Waals surface area contributed by atoms with Gasteiger partial charge in [0, 0.05) is 25.2 Å². The number of hydrogen-bond acceptors (Lipinski definition) is 7. The molecule has 0 bridgehead atoms. The first-order valence-corrected chi connectivity index (χ1v) is 11.0. The molecule has 1 atom stereocenters. The molecule has 6 rings (SSSR count). The van der Waals surface area contributed by atoms with Crippen LogP contribution in [0.4, 0.5) is 11.8 Å². The zero-order chi connectivity index (χ0) is 20.8. The molecule has 2 aromatic heterocycles. The van der Waals surface area contributed by atoms with E-state index in [1.165, 1.54) is 11.1 Å². The summed E-state index contributed by atoms with van der Waals surface area (Å²) in [6.07, 6.45) is 5.35. The highest BCUT2D eigenvalue weighted by molar-refractivity contribution is 5.88. The molecule has 0 spiro atoms. The van der Waals surface area contributed by atoms with Crippen molar-refractivity contribution in [2.75, 3.05) is 55.9 Å². The Balaban J connectivity index is 1.47. The Labute approximate surface area is 180 Å². The molecule has 8 nitrogen and oxygen atoms in total. The largest absolute Gasteiger partial charge is 0.378 e. The number of hydrogen-bond donors (Lipinski definition) is 1. The van der Waals surface area contributed by atoms with Gasteiger partial charge in [0.2, 0.25) is 5.95 Å². The van der Waals surface area contributed by atoms with Crippen molar-refractivity contribution in [2.45, 2.75) is 19.4 Å². The minimum Gasteiger partial charge on any atom is -0.378 e. The zero-order valence-electron chi connectivity index (χ0n) is 17.7. The topological polar surface area (TPSA) is 79.4 Å². The number of H-pyrrole nitrogens is 1. The number of morpholine rings is 2. The molecule has 0 radical (unpaired) electrons. The van der Waals surface area contributed by atoms with Gasteiger partial charge in [0.15, 0.2) is 11.5 Å². The first-order valence-electron chi connectivity index (χ1n) is 11.0. The standard InChI is InChI=1S/C23H26N6O2/c1-15-14-31-12-9-29(15)22-19-21(26-23(27-22)28-7-10-30-11-8-28)25-20(24-19)18-6-5-16-3-2-4-17(16)13-18/h2-3,5-6,13,15H,4,7-12,14H2,1H3,(H,24,25,26,27)/t15-/m1/s1. The van der Waals surface area contributed by atoms with Crippen molar-refractivity contribution >= 4 is 29.0 Å². The van der Waals surface area contributed by atoms with Crippen LogP contribution in [0.15, 0.2) is 24.3 Å². The maximum atomic E-state index is 5.67. The summed E-state index contributed by atoms with van der Waals surface area (Å²) in [6.45, 7) is 7.33. The van der Waals surface area contributed by atoms with Crippen LogP contribution in [0, 0.1) is 0 Å². The molecule has 2 aliphatic heterocycles. The second kappa shape index (κ2) is 7.62. The second-order valence-electron chi connectivity index (χ2n) is 8.37. The van der Waals surface area contributed by atoms with E-state index in [1.54, 1.807) is 0 Å². The molecule has 2 fully saturated rings. The van der Waals surface area contributed by atoms with Gasteiger partial charge in [0.1, 0.15) is 11.3 Å². The Morgan fingerprint density at radius 3 is 2.77 bits per heavy atom. The van der Waals surface area contributed by atoms with Gasteiger partial charge in [-0.15, -0.1) is 0 Å². The van der Waals surface area contributed by atoms with Crippen LogP contribution in [0.25, 0.3) is 28.6 Å². The predicted octanol–water partition coefficient (Wildman–Crippen LogP) is 2.65. The Morgan fingerprint density at radius 1 is 1.03 bits per heavy atom. The normalized spacial score (nSPS) is 21.1. The molecule has 160 valence electrons. The summed E-state index contributed by atoms with van der Waals surface area (Å²) in [6, 6.07) is 6.75. The monoisotopic (exact) mass is 418 g/mol. The van der Waals surface area contributed by atoms with Gasteiger partial charge in [-0.3, -0.25) is 0 Å². The summed E-state index contributed by atoms with van der Waals surface area (Å²) in [4.78, 5) is 22.8. The predicted molar refractivity (Wildman–Crippen MR) is 121 cm³/mol. The van der Waals surface area contributed by atoms with Crippen LogP contribution in [0.3, 0.4) is 0 Å². The van der Waals surface area contributed by atoms with E-state index in [-0.39, 0.29) is 6.04 Å². The van der Waals surface area contributed by atoms with Gasteiger partial charge in [-0.05, 0) is 30.5 Å². The Morgan fingerprint density at radius 2 is 1.90 bits per heavy atom. The van der Waals surface area contributed by atoms with Crippen molar-refractivity contribution in [1.82, 2.24) is 19.9 Å². The van der Waals surface area contributed by atoms with E-state index < -0.39 is 0 Å². The Kier molecular flexibility index (Phi) is 4.61. The number of fused-ring (bicyclic) bond motifs is 2. The molecule has 1 N–H and O–H groups in total. The molecular formula is C23H26N6O2. The lowest BCUT2D eigenvalue weighted by Crippen LogP contribution is -2.44. The van der Waals surface area contributed by atoms with Gasteiger partial charge in [-0.1, -0.05) is 24.3 Å². The smallest absolute Gasteiger partial charge is 0.229 e. The minimum atomic E-state index is 0.238. The number of allylic oxidation sites excluding steroid dienone is 1. The van der Waals surface area contributed by atoms with E-state index in [9.17, 15) is 0 Å². The summed E-state index contributed by atoms with van der Waals surface area (Å²) < 4.78 is 11.2. The maximum Gasteiger partial charge on any atom is 0.229 e. The highest BCUT2D eigenvalue weighted by Crippen LogP contribution is 2.31. The average Bonchev–Trinajstić information content (AvgIpc) is 3.46. The van der Waals surface area contributed by atoms with Crippen LogP contribution >= 0.6 is 0 Å². The van der Waals surface area contributed by atoms with E-state index in [1.807, 2.05) is 0 Å². The molecule has 8 heteroatoms. The Bertz CT molecular complexity index is 1150. The van der Waals surface area contributed by atoms with Crippen molar-refractivity contribution in [3.63, 3.8) is 0 Å². The van der Waals surface area contributed by atoms with Crippen LogP contribution in [-0.2, 0) is 15.9 Å². The van der Waals surface area contributed by atoms with Gasteiger partial charge in [-0.25, -0.2) is 4.98 Å². The van der Waals surface area contributed by atoms with Gasteiger partial charge in [-0.2, -0.15) is 9.97 Å². The lowest BCUT2D eigenvalue weighted by Gasteiger charge is -2.35. The number of rotatable bonds is 3. The molecule has 1 aromatic carbocycles. The van der Waals surface area contributed by atoms with Crippen LogP contribution < -0.4 is 9.80 Å². The van der Waals surface area contributed by atoms with E-state index in [2.05, 4.69) is 52.1 Å². The first kappa shape index (κ1) is 18.8. The van der Waals surface area contributed by atoms with Crippen molar-refractivity contribution < 1.29 is 9.47 Å². The fraction of sp³-hybridized carbons (Fsp3) is 0.435. The molecule has 3 aromatic rings. The van der Waals surface area contributed by atoms with Gasteiger partial charge < -0.3 is 24.3 Å². The number of imidazole rings is 1. The molecular weight excluding hydrogens is 392 g/mol. The summed E-state index contributed by atoms with van der Waals surface area (Å²) in [7, 11) is 0. The number of nitrogens with one attached hydrogen (secondary N) is 1. The molecule has 2 saturated heterocycles. The van der Waals surface area contributed by atoms with Crippen molar-refractivity contribution in [3.8, 4) is 11.4 Å². The molecule has 3 aliphatic rings.